The third-order valence-corrected chi connectivity index (χ3v) is 2.54. The predicted octanol–water partition coefficient (Wildman–Crippen LogP) is 1.93. The first-order chi connectivity index (χ1) is 7.35. The quantitative estimate of drug-likeness (QED) is 0.819. The second-order valence-electron chi connectivity index (χ2n) is 3.58. The molecule has 1 aliphatic heterocycles. The largest absolute Gasteiger partial charge is 0.471 e. The number of hydrogen-bond donors (Lipinski definition) is 1. The number of hydrogen-bond acceptors (Lipinski definition) is 3. The Hall–Kier alpha value is -1.35. The topological polar surface area (TPSA) is 41.8 Å². The number of nitrogens with zero attached hydrogens (tertiary/aromatic N) is 1. The molecule has 80 valence electrons. The van der Waals surface area contributed by atoms with E-state index in [1.165, 1.54) is 0 Å². The van der Waals surface area contributed by atoms with Crippen molar-refractivity contribution in [2.75, 3.05) is 6.61 Å². The van der Waals surface area contributed by atoms with E-state index in [2.05, 4.69) is 4.99 Å². The van der Waals surface area contributed by atoms with Crippen LogP contribution in [0.4, 0.5) is 0 Å². The summed E-state index contributed by atoms with van der Waals surface area (Å²) in [4.78, 5) is 4.33. The van der Waals surface area contributed by atoms with Crippen LogP contribution in [0.25, 0.3) is 0 Å². The molecule has 0 spiro atoms. The molecule has 0 saturated heterocycles. The van der Waals surface area contributed by atoms with E-state index >= 15 is 0 Å². The predicted molar refractivity (Wildman–Crippen MR) is 58.9 cm³/mol. The van der Waals surface area contributed by atoms with Crippen LogP contribution in [-0.2, 0) is 4.74 Å². The summed E-state index contributed by atoms with van der Waals surface area (Å²) < 4.78 is 5.69. The molecule has 0 amide bonds. The average molecular weight is 205 g/mol. The summed E-state index contributed by atoms with van der Waals surface area (Å²) in [5.74, 6) is 0.739. The highest BCUT2D eigenvalue weighted by atomic mass is 16.5. The Bertz CT molecular complexity index is 348. The maximum Gasteiger partial charge on any atom is 0.184 e. The summed E-state index contributed by atoms with van der Waals surface area (Å²) in [5, 5.41) is 9.22. The molecule has 3 heteroatoms. The molecule has 15 heavy (non-hydrogen) atoms. The molecule has 1 heterocycles. The number of rotatable bonds is 3. The minimum absolute atomic E-state index is 0.0308. The van der Waals surface area contributed by atoms with Gasteiger partial charge in [0.05, 0.1) is 6.61 Å². The Morgan fingerprint density at radius 1 is 1.33 bits per heavy atom. The van der Waals surface area contributed by atoms with Crippen molar-refractivity contribution in [3.8, 4) is 0 Å². The minimum Gasteiger partial charge on any atom is -0.471 e. The lowest BCUT2D eigenvalue weighted by molar-refractivity contribution is 0.149. The van der Waals surface area contributed by atoms with Gasteiger partial charge in [-0.25, -0.2) is 4.99 Å². The van der Waals surface area contributed by atoms with Crippen molar-refractivity contribution in [2.45, 2.75) is 25.5 Å². The van der Waals surface area contributed by atoms with Crippen LogP contribution in [-0.4, -0.2) is 23.7 Å². The molecular weight excluding hydrogens is 190 g/mol. The van der Waals surface area contributed by atoms with Crippen molar-refractivity contribution >= 4 is 5.90 Å². The Morgan fingerprint density at radius 3 is 2.67 bits per heavy atom. The third-order valence-electron chi connectivity index (χ3n) is 2.54. The molecule has 3 nitrogen and oxygen atoms in total. The maximum atomic E-state index is 9.22. The fourth-order valence-corrected chi connectivity index (χ4v) is 1.75. The standard InChI is InChI=1S/C12H15NO2/c1-2-11-13-10(8-14)12(15-11)9-6-4-3-5-7-9/h3-7,10,12,14H,2,8H2,1H3/t10-,12?/m0/s1. The molecule has 2 rings (SSSR count). The Morgan fingerprint density at radius 2 is 2.07 bits per heavy atom. The van der Waals surface area contributed by atoms with Crippen molar-refractivity contribution in [2.24, 2.45) is 4.99 Å². The molecule has 0 saturated carbocycles. The molecule has 0 fully saturated rings. The molecule has 0 aliphatic carbocycles. The van der Waals surface area contributed by atoms with Crippen LogP contribution in [0.3, 0.4) is 0 Å². The van der Waals surface area contributed by atoms with E-state index in [1.807, 2.05) is 37.3 Å². The van der Waals surface area contributed by atoms with Gasteiger partial charge < -0.3 is 9.84 Å². The van der Waals surface area contributed by atoms with Gasteiger partial charge in [-0.3, -0.25) is 0 Å². The van der Waals surface area contributed by atoms with Gasteiger partial charge in [0.2, 0.25) is 0 Å². The molecule has 0 aromatic heterocycles. The zero-order chi connectivity index (χ0) is 10.7. The van der Waals surface area contributed by atoms with Crippen LogP contribution in [0.1, 0.15) is 25.0 Å². The van der Waals surface area contributed by atoms with Gasteiger partial charge in [-0.2, -0.15) is 0 Å². The zero-order valence-corrected chi connectivity index (χ0v) is 8.76. The second kappa shape index (κ2) is 4.45. The summed E-state index contributed by atoms with van der Waals surface area (Å²) in [6, 6.07) is 9.76. The monoisotopic (exact) mass is 205 g/mol. The van der Waals surface area contributed by atoms with E-state index < -0.39 is 0 Å². The van der Waals surface area contributed by atoms with Crippen LogP contribution in [0, 0.1) is 0 Å². The van der Waals surface area contributed by atoms with Crippen molar-refractivity contribution in [3.63, 3.8) is 0 Å². The molecule has 1 unspecified atom stereocenters. The van der Waals surface area contributed by atoms with Crippen molar-refractivity contribution in [1.29, 1.82) is 0 Å². The van der Waals surface area contributed by atoms with Crippen LogP contribution < -0.4 is 0 Å². The normalized spacial score (nSPS) is 24.8. The highest BCUT2D eigenvalue weighted by Gasteiger charge is 2.30. The van der Waals surface area contributed by atoms with Crippen molar-refractivity contribution in [1.82, 2.24) is 0 Å². The van der Waals surface area contributed by atoms with Gasteiger partial charge in [0, 0.05) is 6.42 Å². The zero-order valence-electron chi connectivity index (χ0n) is 8.76. The van der Waals surface area contributed by atoms with E-state index in [0.29, 0.717) is 0 Å². The fraction of sp³-hybridized carbons (Fsp3) is 0.417. The van der Waals surface area contributed by atoms with E-state index in [-0.39, 0.29) is 18.8 Å². The molecule has 0 bridgehead atoms. The summed E-state index contributed by atoms with van der Waals surface area (Å²) >= 11 is 0. The first kappa shape index (κ1) is 10.2. The minimum atomic E-state index is -0.151. The summed E-state index contributed by atoms with van der Waals surface area (Å²) in [7, 11) is 0. The molecule has 1 N–H and O–H groups in total. The van der Waals surface area contributed by atoms with Gasteiger partial charge in [-0.15, -0.1) is 0 Å². The first-order valence-electron chi connectivity index (χ1n) is 5.24. The van der Waals surface area contributed by atoms with Crippen LogP contribution in [0.15, 0.2) is 35.3 Å². The van der Waals surface area contributed by atoms with Gasteiger partial charge in [0.25, 0.3) is 0 Å². The summed E-state index contributed by atoms with van der Waals surface area (Å²) in [5.41, 5.74) is 1.07. The lowest BCUT2D eigenvalue weighted by Gasteiger charge is -2.15. The molecule has 1 aromatic carbocycles. The first-order valence-corrected chi connectivity index (χ1v) is 5.24. The van der Waals surface area contributed by atoms with Crippen molar-refractivity contribution in [3.05, 3.63) is 35.9 Å². The van der Waals surface area contributed by atoms with Gasteiger partial charge in [0.15, 0.2) is 5.90 Å². The van der Waals surface area contributed by atoms with Gasteiger partial charge >= 0.3 is 0 Å². The van der Waals surface area contributed by atoms with Gasteiger partial charge in [-0.1, -0.05) is 37.3 Å². The number of aliphatic imine (C=N–C) groups is 1. The van der Waals surface area contributed by atoms with Crippen LogP contribution in [0.2, 0.25) is 0 Å². The van der Waals surface area contributed by atoms with E-state index in [1.54, 1.807) is 0 Å². The Balaban J connectivity index is 2.19. The summed E-state index contributed by atoms with van der Waals surface area (Å²) in [6.45, 7) is 2.03. The number of aliphatic hydroxyl groups is 1. The number of ether oxygens (including phenoxy) is 1. The molecular formula is C12H15NO2. The highest BCUT2D eigenvalue weighted by Crippen LogP contribution is 2.29. The maximum absolute atomic E-state index is 9.22. The molecule has 1 aliphatic rings. The highest BCUT2D eigenvalue weighted by molar-refractivity contribution is 5.78. The smallest absolute Gasteiger partial charge is 0.184 e. The van der Waals surface area contributed by atoms with E-state index in [4.69, 9.17) is 4.74 Å². The second-order valence-corrected chi connectivity index (χ2v) is 3.58. The number of benzene rings is 1. The molecule has 0 radical (unpaired) electrons. The van der Waals surface area contributed by atoms with E-state index in [0.717, 1.165) is 17.9 Å². The average Bonchev–Trinajstić information content (AvgIpc) is 2.73. The van der Waals surface area contributed by atoms with Gasteiger partial charge in [-0.05, 0) is 5.56 Å². The van der Waals surface area contributed by atoms with E-state index in [9.17, 15) is 5.11 Å². The molecule has 1 aromatic rings. The fourth-order valence-electron chi connectivity index (χ4n) is 1.75. The Labute approximate surface area is 89.4 Å². The lowest BCUT2D eigenvalue weighted by Crippen LogP contribution is -2.17. The molecule has 2 atom stereocenters. The lowest BCUT2D eigenvalue weighted by atomic mass is 10.0. The Kier molecular flexibility index (Phi) is 3.02. The SMILES string of the molecule is CCC1=N[C@@H](CO)C(c2ccccc2)O1. The third kappa shape index (κ3) is 2.02. The van der Waals surface area contributed by atoms with Crippen LogP contribution in [0.5, 0.6) is 0 Å². The van der Waals surface area contributed by atoms with Gasteiger partial charge in [0.1, 0.15) is 12.1 Å². The van der Waals surface area contributed by atoms with Crippen LogP contribution >= 0.6 is 0 Å². The van der Waals surface area contributed by atoms with Crippen molar-refractivity contribution < 1.29 is 9.84 Å². The summed E-state index contributed by atoms with van der Waals surface area (Å²) in [6.07, 6.45) is 0.658. The number of aliphatic hydroxyl groups excluding tert-OH is 1.